The first kappa shape index (κ1) is 13.5. The van der Waals surface area contributed by atoms with Crippen LogP contribution in [-0.2, 0) is 0 Å². The van der Waals surface area contributed by atoms with Crippen LogP contribution in [0.3, 0.4) is 0 Å². The van der Waals surface area contributed by atoms with Gasteiger partial charge in [-0.05, 0) is 37.1 Å². The summed E-state index contributed by atoms with van der Waals surface area (Å²) in [7, 11) is 0. The molecule has 2 aromatic heterocycles. The Morgan fingerprint density at radius 3 is 2.48 bits per heavy atom. The molecule has 0 amide bonds. The second-order valence-electron chi connectivity index (χ2n) is 5.70. The lowest BCUT2D eigenvalue weighted by atomic mass is 10.1. The summed E-state index contributed by atoms with van der Waals surface area (Å²) in [6.45, 7) is 8.30. The minimum Gasteiger partial charge on any atom is -0.384 e. The predicted octanol–water partition coefficient (Wildman–Crippen LogP) is 3.14. The lowest BCUT2D eigenvalue weighted by Gasteiger charge is -2.10. The van der Waals surface area contributed by atoms with E-state index in [0.717, 1.165) is 22.7 Å². The third-order valence-corrected chi connectivity index (χ3v) is 3.68. The Hall–Kier alpha value is -2.43. The van der Waals surface area contributed by atoms with Gasteiger partial charge in [-0.25, -0.2) is 15.0 Å². The number of hydrogen-bond donors (Lipinski definition) is 1. The number of aryl methyl sites for hydroxylation is 2. The molecule has 0 unspecified atom stereocenters. The van der Waals surface area contributed by atoms with E-state index in [2.05, 4.69) is 54.8 Å². The Morgan fingerprint density at radius 1 is 1.05 bits per heavy atom. The Kier molecular flexibility index (Phi) is 3.12. The van der Waals surface area contributed by atoms with E-state index in [4.69, 9.17) is 5.73 Å². The average molecular weight is 281 g/mol. The van der Waals surface area contributed by atoms with Gasteiger partial charge in [0, 0.05) is 12.0 Å². The number of fused-ring (bicyclic) bond motifs is 1. The number of hydrogen-bond acceptors (Lipinski definition) is 4. The zero-order chi connectivity index (χ0) is 15.1. The molecule has 0 radical (unpaired) electrons. The van der Waals surface area contributed by atoms with Crippen molar-refractivity contribution in [3.05, 3.63) is 41.5 Å². The Bertz CT molecular complexity index is 817. The summed E-state index contributed by atoms with van der Waals surface area (Å²) in [5.41, 5.74) is 10.4. The highest BCUT2D eigenvalue weighted by Crippen LogP contribution is 2.22. The molecule has 0 spiro atoms. The van der Waals surface area contributed by atoms with Crippen molar-refractivity contribution in [3.63, 3.8) is 0 Å². The van der Waals surface area contributed by atoms with Gasteiger partial charge in [0.05, 0.1) is 11.0 Å². The van der Waals surface area contributed by atoms with Crippen LogP contribution in [0.5, 0.6) is 0 Å². The van der Waals surface area contributed by atoms with E-state index < -0.39 is 0 Å². The highest BCUT2D eigenvalue weighted by molar-refractivity contribution is 5.79. The lowest BCUT2D eigenvalue weighted by Crippen LogP contribution is -2.06. The molecule has 0 saturated carbocycles. The molecule has 0 aliphatic heterocycles. The maximum Gasteiger partial charge on any atom is 0.144 e. The van der Waals surface area contributed by atoms with Gasteiger partial charge < -0.3 is 5.73 Å². The van der Waals surface area contributed by atoms with Crippen LogP contribution in [0.25, 0.3) is 16.9 Å². The first-order valence-corrected chi connectivity index (χ1v) is 7.05. The Balaban J connectivity index is 2.23. The zero-order valence-electron chi connectivity index (χ0n) is 12.8. The molecule has 5 heteroatoms. The molecule has 5 nitrogen and oxygen atoms in total. The summed E-state index contributed by atoms with van der Waals surface area (Å²) in [5.74, 6) is 2.22. The second-order valence-corrected chi connectivity index (χ2v) is 5.70. The minimum atomic E-state index is 0.228. The van der Waals surface area contributed by atoms with Crippen molar-refractivity contribution in [2.75, 3.05) is 5.73 Å². The maximum atomic E-state index is 5.92. The quantitative estimate of drug-likeness (QED) is 0.783. The van der Waals surface area contributed by atoms with Crippen LogP contribution < -0.4 is 5.73 Å². The third kappa shape index (κ3) is 2.35. The second kappa shape index (κ2) is 4.84. The monoisotopic (exact) mass is 281 g/mol. The number of benzene rings is 1. The highest BCUT2D eigenvalue weighted by Gasteiger charge is 2.11. The van der Waals surface area contributed by atoms with Crippen molar-refractivity contribution in [1.82, 2.24) is 19.5 Å². The van der Waals surface area contributed by atoms with Gasteiger partial charge in [-0.2, -0.15) is 0 Å². The molecule has 108 valence electrons. The molecule has 3 aromatic rings. The van der Waals surface area contributed by atoms with Crippen LogP contribution in [0.15, 0.2) is 24.5 Å². The molecule has 0 bridgehead atoms. The van der Waals surface area contributed by atoms with E-state index in [0.29, 0.717) is 5.82 Å². The summed E-state index contributed by atoms with van der Waals surface area (Å²) < 4.78 is 1.96. The number of nitrogens with two attached hydrogens (primary N) is 1. The molecule has 2 heterocycles. The smallest absolute Gasteiger partial charge is 0.144 e. The van der Waals surface area contributed by atoms with Crippen LogP contribution in [-0.4, -0.2) is 19.5 Å². The maximum absolute atomic E-state index is 5.92. The number of nitrogen functional groups attached to an aromatic ring is 1. The summed E-state index contributed by atoms with van der Waals surface area (Å²) in [6, 6.07) is 6.00. The normalized spacial score (nSPS) is 11.5. The van der Waals surface area contributed by atoms with Gasteiger partial charge in [0.2, 0.25) is 0 Å². The van der Waals surface area contributed by atoms with Crippen molar-refractivity contribution in [2.45, 2.75) is 33.6 Å². The first-order valence-electron chi connectivity index (χ1n) is 7.05. The van der Waals surface area contributed by atoms with Crippen LogP contribution >= 0.6 is 0 Å². The highest BCUT2D eigenvalue weighted by atomic mass is 15.1. The number of imidazole rings is 1. The van der Waals surface area contributed by atoms with Crippen LogP contribution in [0.4, 0.5) is 5.82 Å². The van der Waals surface area contributed by atoms with Gasteiger partial charge in [0.1, 0.15) is 23.8 Å². The summed E-state index contributed by atoms with van der Waals surface area (Å²) in [4.78, 5) is 13.4. The van der Waals surface area contributed by atoms with E-state index in [9.17, 15) is 0 Å². The topological polar surface area (TPSA) is 69.6 Å². The SMILES string of the molecule is Cc1cc2ncn(-c3cc(N)nc(C(C)C)n3)c2cc1C. The number of anilines is 1. The van der Waals surface area contributed by atoms with Crippen molar-refractivity contribution < 1.29 is 0 Å². The fourth-order valence-electron chi connectivity index (χ4n) is 2.30. The summed E-state index contributed by atoms with van der Waals surface area (Å²) in [6.07, 6.45) is 1.79. The summed E-state index contributed by atoms with van der Waals surface area (Å²) >= 11 is 0. The van der Waals surface area contributed by atoms with Gasteiger partial charge in [0.25, 0.3) is 0 Å². The van der Waals surface area contributed by atoms with Gasteiger partial charge >= 0.3 is 0 Å². The Morgan fingerprint density at radius 2 is 1.76 bits per heavy atom. The predicted molar refractivity (Wildman–Crippen MR) is 84.6 cm³/mol. The van der Waals surface area contributed by atoms with Crippen molar-refractivity contribution >= 4 is 16.9 Å². The van der Waals surface area contributed by atoms with Gasteiger partial charge in [-0.1, -0.05) is 13.8 Å². The van der Waals surface area contributed by atoms with Gasteiger partial charge in [0.15, 0.2) is 0 Å². The van der Waals surface area contributed by atoms with Crippen LogP contribution in [0.2, 0.25) is 0 Å². The Labute approximate surface area is 123 Å². The van der Waals surface area contributed by atoms with Crippen molar-refractivity contribution in [3.8, 4) is 5.82 Å². The van der Waals surface area contributed by atoms with E-state index >= 15 is 0 Å². The van der Waals surface area contributed by atoms with E-state index in [1.807, 2.05) is 4.57 Å². The average Bonchev–Trinajstić information content (AvgIpc) is 2.81. The molecule has 0 atom stereocenters. The number of nitrogens with zero attached hydrogens (tertiary/aromatic N) is 4. The standard InChI is InChI=1S/C16H19N5/c1-9(2)16-19-14(17)7-15(20-16)21-8-18-12-5-10(3)11(4)6-13(12)21/h5-9H,1-4H3,(H2,17,19,20). The molecular weight excluding hydrogens is 262 g/mol. The minimum absolute atomic E-state index is 0.228. The van der Waals surface area contributed by atoms with Crippen molar-refractivity contribution in [1.29, 1.82) is 0 Å². The van der Waals surface area contributed by atoms with E-state index in [1.165, 1.54) is 11.1 Å². The third-order valence-electron chi connectivity index (χ3n) is 3.68. The molecule has 0 fully saturated rings. The molecular formula is C16H19N5. The molecule has 21 heavy (non-hydrogen) atoms. The van der Waals surface area contributed by atoms with Gasteiger partial charge in [-0.15, -0.1) is 0 Å². The number of rotatable bonds is 2. The van der Waals surface area contributed by atoms with E-state index in [1.54, 1.807) is 12.4 Å². The molecule has 0 aliphatic carbocycles. The fraction of sp³-hybridized carbons (Fsp3) is 0.312. The zero-order valence-corrected chi connectivity index (χ0v) is 12.8. The van der Waals surface area contributed by atoms with Crippen LogP contribution in [0, 0.1) is 13.8 Å². The molecule has 1 aromatic carbocycles. The fourth-order valence-corrected chi connectivity index (χ4v) is 2.30. The van der Waals surface area contributed by atoms with Crippen LogP contribution in [0.1, 0.15) is 36.7 Å². The molecule has 0 aliphatic rings. The molecule has 3 rings (SSSR count). The largest absolute Gasteiger partial charge is 0.384 e. The van der Waals surface area contributed by atoms with E-state index in [-0.39, 0.29) is 5.92 Å². The first-order chi connectivity index (χ1) is 9.95. The number of aromatic nitrogens is 4. The molecule has 2 N–H and O–H groups in total. The van der Waals surface area contributed by atoms with Gasteiger partial charge in [-0.3, -0.25) is 4.57 Å². The van der Waals surface area contributed by atoms with Crippen molar-refractivity contribution in [2.24, 2.45) is 0 Å². The lowest BCUT2D eigenvalue weighted by molar-refractivity contribution is 0.767. The molecule has 0 saturated heterocycles. The summed E-state index contributed by atoms with van der Waals surface area (Å²) in [5, 5.41) is 0.